The number of nitrogens with two attached hydrogens (primary N) is 1. The van der Waals surface area contributed by atoms with E-state index < -0.39 is 0 Å². The average molecular weight is 232 g/mol. The second-order valence-electron chi connectivity index (χ2n) is 3.69. The smallest absolute Gasteiger partial charge is 0.144 e. The maximum atomic E-state index is 5.96. The van der Waals surface area contributed by atoms with Crippen LogP contribution in [0.25, 0.3) is 16.4 Å². The summed E-state index contributed by atoms with van der Waals surface area (Å²) < 4.78 is 2.01. The van der Waals surface area contributed by atoms with Crippen molar-refractivity contribution in [1.82, 2.24) is 9.38 Å². The van der Waals surface area contributed by atoms with Gasteiger partial charge in [-0.05, 0) is 29.7 Å². The summed E-state index contributed by atoms with van der Waals surface area (Å²) in [5, 5.41) is 2.92. The van der Waals surface area contributed by atoms with Gasteiger partial charge < -0.3 is 10.1 Å². The molecule has 3 nitrogen and oxygen atoms in total. The van der Waals surface area contributed by atoms with E-state index in [1.807, 2.05) is 41.1 Å². The van der Waals surface area contributed by atoms with Gasteiger partial charge in [-0.15, -0.1) is 0 Å². The summed E-state index contributed by atoms with van der Waals surface area (Å²) >= 11 is 5.96. The van der Waals surface area contributed by atoms with Crippen molar-refractivity contribution in [3.63, 3.8) is 0 Å². The van der Waals surface area contributed by atoms with Crippen LogP contribution < -0.4 is 5.73 Å². The van der Waals surface area contributed by atoms with Gasteiger partial charge in [0.05, 0.1) is 11.9 Å². The van der Waals surface area contributed by atoms with Crippen LogP contribution in [-0.4, -0.2) is 9.38 Å². The van der Waals surface area contributed by atoms with Gasteiger partial charge in [-0.25, -0.2) is 4.98 Å². The van der Waals surface area contributed by atoms with Gasteiger partial charge in [-0.2, -0.15) is 0 Å². The summed E-state index contributed by atoms with van der Waals surface area (Å²) in [5.74, 6) is 0. The molecule has 0 aliphatic heterocycles. The molecule has 1 aromatic carbocycles. The zero-order chi connectivity index (χ0) is 11.1. The van der Waals surface area contributed by atoms with E-state index in [4.69, 9.17) is 17.3 Å². The molecule has 0 spiro atoms. The van der Waals surface area contributed by atoms with Crippen molar-refractivity contribution in [3.05, 3.63) is 47.4 Å². The number of nitrogens with zero attached hydrogens (tertiary/aromatic N) is 2. The topological polar surface area (TPSA) is 43.3 Å². The standard InChI is InChI=1S/C12H10ClN3/c13-9-1-2-11-8(5-9)3-4-16-10(6-14)7-15-12(11)16/h1-5,7H,6,14H2. The van der Waals surface area contributed by atoms with Crippen LogP contribution in [0.5, 0.6) is 0 Å². The average Bonchev–Trinajstić information content (AvgIpc) is 2.71. The van der Waals surface area contributed by atoms with E-state index in [2.05, 4.69) is 4.98 Å². The Morgan fingerprint density at radius 1 is 1.31 bits per heavy atom. The molecule has 0 amide bonds. The number of pyridine rings is 1. The highest BCUT2D eigenvalue weighted by atomic mass is 35.5. The highest BCUT2D eigenvalue weighted by Crippen LogP contribution is 2.23. The Bertz CT molecular complexity index is 672. The maximum Gasteiger partial charge on any atom is 0.144 e. The molecule has 4 heteroatoms. The molecule has 0 aliphatic carbocycles. The summed E-state index contributed by atoms with van der Waals surface area (Å²) in [6, 6.07) is 7.82. The van der Waals surface area contributed by atoms with E-state index in [9.17, 15) is 0 Å². The predicted molar refractivity (Wildman–Crippen MR) is 65.6 cm³/mol. The van der Waals surface area contributed by atoms with Crippen LogP contribution in [-0.2, 0) is 6.54 Å². The molecule has 16 heavy (non-hydrogen) atoms. The third-order valence-electron chi connectivity index (χ3n) is 2.74. The molecule has 0 unspecified atom stereocenters. The molecular formula is C12H10ClN3. The number of benzene rings is 1. The second kappa shape index (κ2) is 3.47. The third-order valence-corrected chi connectivity index (χ3v) is 2.98. The Kier molecular flexibility index (Phi) is 2.09. The van der Waals surface area contributed by atoms with Gasteiger partial charge in [-0.1, -0.05) is 11.6 Å². The number of hydrogen-bond donors (Lipinski definition) is 1. The summed E-state index contributed by atoms with van der Waals surface area (Å²) in [6.07, 6.45) is 3.78. The van der Waals surface area contributed by atoms with Gasteiger partial charge >= 0.3 is 0 Å². The van der Waals surface area contributed by atoms with Gasteiger partial charge in [0.15, 0.2) is 0 Å². The normalized spacial score (nSPS) is 11.4. The molecule has 2 N–H and O–H groups in total. The predicted octanol–water partition coefficient (Wildman–Crippen LogP) is 2.60. The lowest BCUT2D eigenvalue weighted by atomic mass is 10.2. The molecular weight excluding hydrogens is 222 g/mol. The molecule has 3 rings (SSSR count). The maximum absolute atomic E-state index is 5.96. The number of fused-ring (bicyclic) bond motifs is 3. The van der Waals surface area contributed by atoms with Crippen LogP contribution in [0.4, 0.5) is 0 Å². The van der Waals surface area contributed by atoms with Crippen molar-refractivity contribution in [3.8, 4) is 0 Å². The van der Waals surface area contributed by atoms with Crippen LogP contribution in [0.1, 0.15) is 5.69 Å². The number of imidazole rings is 1. The van der Waals surface area contributed by atoms with Gasteiger partial charge in [0, 0.05) is 23.2 Å². The fourth-order valence-corrected chi connectivity index (χ4v) is 2.12. The number of rotatable bonds is 1. The first-order valence-electron chi connectivity index (χ1n) is 5.04. The molecule has 0 bridgehead atoms. The van der Waals surface area contributed by atoms with Crippen molar-refractivity contribution in [2.24, 2.45) is 5.73 Å². The Morgan fingerprint density at radius 2 is 2.19 bits per heavy atom. The Balaban J connectivity index is 2.46. The fourth-order valence-electron chi connectivity index (χ4n) is 1.94. The van der Waals surface area contributed by atoms with Gasteiger partial charge in [0.1, 0.15) is 5.65 Å². The van der Waals surface area contributed by atoms with Crippen molar-refractivity contribution in [2.75, 3.05) is 0 Å². The van der Waals surface area contributed by atoms with Crippen LogP contribution in [0.15, 0.2) is 36.7 Å². The molecule has 0 saturated carbocycles. The third kappa shape index (κ3) is 1.29. The SMILES string of the molecule is NCc1cnc2c3ccc(Cl)cc3ccn12. The van der Waals surface area contributed by atoms with Crippen molar-refractivity contribution in [1.29, 1.82) is 0 Å². The van der Waals surface area contributed by atoms with Crippen molar-refractivity contribution < 1.29 is 0 Å². The molecule has 2 aromatic heterocycles. The number of aromatic nitrogens is 2. The van der Waals surface area contributed by atoms with E-state index in [-0.39, 0.29) is 0 Å². The van der Waals surface area contributed by atoms with Crippen LogP contribution in [0, 0.1) is 0 Å². The lowest BCUT2D eigenvalue weighted by molar-refractivity contribution is 0.962. The number of halogens is 1. The summed E-state index contributed by atoms with van der Waals surface area (Å²) in [7, 11) is 0. The van der Waals surface area contributed by atoms with E-state index in [1.54, 1.807) is 0 Å². The highest BCUT2D eigenvalue weighted by molar-refractivity contribution is 6.31. The molecule has 0 fully saturated rings. The van der Waals surface area contributed by atoms with Crippen molar-refractivity contribution >= 4 is 28.0 Å². The first kappa shape index (κ1) is 9.63. The Morgan fingerprint density at radius 3 is 3.00 bits per heavy atom. The van der Waals surface area contributed by atoms with Crippen LogP contribution in [0.3, 0.4) is 0 Å². The minimum atomic E-state index is 0.486. The highest BCUT2D eigenvalue weighted by Gasteiger charge is 2.05. The minimum Gasteiger partial charge on any atom is -0.325 e. The minimum absolute atomic E-state index is 0.486. The van der Waals surface area contributed by atoms with E-state index in [0.717, 1.165) is 27.1 Å². The molecule has 0 aliphatic rings. The lowest BCUT2D eigenvalue weighted by Gasteiger charge is -2.03. The monoisotopic (exact) mass is 231 g/mol. The Hall–Kier alpha value is -1.58. The van der Waals surface area contributed by atoms with Crippen molar-refractivity contribution in [2.45, 2.75) is 6.54 Å². The molecule has 0 radical (unpaired) electrons. The summed E-state index contributed by atoms with van der Waals surface area (Å²) in [6.45, 7) is 0.486. The molecule has 80 valence electrons. The van der Waals surface area contributed by atoms with Crippen LogP contribution >= 0.6 is 11.6 Å². The van der Waals surface area contributed by atoms with Gasteiger partial charge in [-0.3, -0.25) is 0 Å². The van der Waals surface area contributed by atoms with E-state index >= 15 is 0 Å². The molecule has 2 heterocycles. The molecule has 3 aromatic rings. The fraction of sp³-hybridized carbons (Fsp3) is 0.0833. The Labute approximate surface area is 97.5 Å². The van der Waals surface area contributed by atoms with Gasteiger partial charge in [0.2, 0.25) is 0 Å². The first-order valence-corrected chi connectivity index (χ1v) is 5.41. The first-order chi connectivity index (χ1) is 7.79. The van der Waals surface area contributed by atoms with E-state index in [0.29, 0.717) is 6.54 Å². The summed E-state index contributed by atoms with van der Waals surface area (Å²) in [5.41, 5.74) is 7.58. The quantitative estimate of drug-likeness (QED) is 0.700. The largest absolute Gasteiger partial charge is 0.325 e. The van der Waals surface area contributed by atoms with Gasteiger partial charge in [0.25, 0.3) is 0 Å². The van der Waals surface area contributed by atoms with E-state index in [1.165, 1.54) is 0 Å². The van der Waals surface area contributed by atoms with Crippen LogP contribution in [0.2, 0.25) is 5.02 Å². The zero-order valence-corrected chi connectivity index (χ0v) is 9.28. The molecule has 0 atom stereocenters. The summed E-state index contributed by atoms with van der Waals surface area (Å²) in [4.78, 5) is 4.39. The molecule has 0 saturated heterocycles. The zero-order valence-electron chi connectivity index (χ0n) is 8.52. The number of hydrogen-bond acceptors (Lipinski definition) is 2. The second-order valence-corrected chi connectivity index (χ2v) is 4.13. The lowest BCUT2D eigenvalue weighted by Crippen LogP contribution is -2.00.